The van der Waals surface area contributed by atoms with Crippen LogP contribution in [0.4, 0.5) is 0 Å². The molecule has 0 N–H and O–H groups in total. The minimum atomic E-state index is 0.197. The molecule has 0 unspecified atom stereocenters. The van der Waals surface area contributed by atoms with Crippen molar-refractivity contribution in [1.29, 1.82) is 0 Å². The molecular weight excluding hydrogens is 322 g/mol. The SMILES string of the molecule is O=C(CSc1ncnc2ccccc12)N1CCO[C@@H]2CCCC[C@@H]21. The Morgan fingerprint density at radius 2 is 2.12 bits per heavy atom. The highest BCUT2D eigenvalue weighted by Gasteiger charge is 2.36. The summed E-state index contributed by atoms with van der Waals surface area (Å²) < 4.78 is 5.86. The number of nitrogens with zero attached hydrogens (tertiary/aromatic N) is 3. The maximum absolute atomic E-state index is 12.8. The largest absolute Gasteiger partial charge is 0.374 e. The zero-order valence-electron chi connectivity index (χ0n) is 13.6. The molecule has 1 aromatic heterocycles. The summed E-state index contributed by atoms with van der Waals surface area (Å²) in [5.74, 6) is 0.618. The molecule has 0 radical (unpaired) electrons. The smallest absolute Gasteiger partial charge is 0.233 e. The van der Waals surface area contributed by atoms with E-state index in [0.29, 0.717) is 18.9 Å². The fourth-order valence-electron chi connectivity index (χ4n) is 3.71. The highest BCUT2D eigenvalue weighted by Crippen LogP contribution is 2.30. The van der Waals surface area contributed by atoms with Crippen LogP contribution < -0.4 is 0 Å². The molecule has 1 aliphatic heterocycles. The van der Waals surface area contributed by atoms with Crippen LogP contribution in [0.1, 0.15) is 25.7 Å². The van der Waals surface area contributed by atoms with Crippen molar-refractivity contribution < 1.29 is 9.53 Å². The van der Waals surface area contributed by atoms with Crippen molar-refractivity contribution >= 4 is 28.6 Å². The van der Waals surface area contributed by atoms with Gasteiger partial charge in [-0.2, -0.15) is 0 Å². The molecule has 126 valence electrons. The van der Waals surface area contributed by atoms with Crippen LogP contribution in [-0.2, 0) is 9.53 Å². The number of ether oxygens (including phenoxy) is 1. The zero-order chi connectivity index (χ0) is 16.4. The van der Waals surface area contributed by atoms with Crippen molar-refractivity contribution in [3.05, 3.63) is 30.6 Å². The van der Waals surface area contributed by atoms with E-state index in [4.69, 9.17) is 4.74 Å². The summed E-state index contributed by atoms with van der Waals surface area (Å²) in [6.07, 6.45) is 6.36. The Balaban J connectivity index is 1.46. The molecule has 2 atom stereocenters. The number of hydrogen-bond acceptors (Lipinski definition) is 5. The van der Waals surface area contributed by atoms with Gasteiger partial charge in [-0.3, -0.25) is 4.79 Å². The zero-order valence-corrected chi connectivity index (χ0v) is 14.4. The molecule has 1 amide bonds. The molecular formula is C18H21N3O2S. The quantitative estimate of drug-likeness (QED) is 0.633. The number of carbonyl (C=O) groups is 1. The van der Waals surface area contributed by atoms with E-state index >= 15 is 0 Å². The Hall–Kier alpha value is -1.66. The first-order chi connectivity index (χ1) is 11.8. The third-order valence-corrected chi connectivity index (χ3v) is 5.88. The first kappa shape index (κ1) is 15.8. The van der Waals surface area contributed by atoms with E-state index in [9.17, 15) is 4.79 Å². The van der Waals surface area contributed by atoms with E-state index in [0.717, 1.165) is 28.8 Å². The predicted molar refractivity (Wildman–Crippen MR) is 94.0 cm³/mol. The minimum Gasteiger partial charge on any atom is -0.374 e. The van der Waals surface area contributed by atoms with Gasteiger partial charge in [-0.1, -0.05) is 42.8 Å². The third kappa shape index (κ3) is 3.13. The minimum absolute atomic E-state index is 0.197. The maximum Gasteiger partial charge on any atom is 0.233 e. The molecule has 2 fully saturated rings. The summed E-state index contributed by atoms with van der Waals surface area (Å²) in [5.41, 5.74) is 0.918. The Kier molecular flexibility index (Phi) is 4.67. The molecule has 1 aliphatic carbocycles. The lowest BCUT2D eigenvalue weighted by atomic mass is 9.90. The maximum atomic E-state index is 12.8. The van der Waals surface area contributed by atoms with Gasteiger partial charge in [0.25, 0.3) is 0 Å². The molecule has 0 bridgehead atoms. The molecule has 2 aliphatic rings. The first-order valence-corrected chi connectivity index (χ1v) is 9.55. The van der Waals surface area contributed by atoms with Gasteiger partial charge in [-0.25, -0.2) is 9.97 Å². The van der Waals surface area contributed by atoms with Crippen LogP contribution in [0.5, 0.6) is 0 Å². The van der Waals surface area contributed by atoms with E-state index in [1.807, 2.05) is 29.2 Å². The number of carbonyl (C=O) groups excluding carboxylic acids is 1. The second-order valence-corrected chi connectivity index (χ2v) is 7.30. The Bertz CT molecular complexity index is 732. The van der Waals surface area contributed by atoms with Gasteiger partial charge in [-0.15, -0.1) is 0 Å². The fraction of sp³-hybridized carbons (Fsp3) is 0.500. The molecule has 5 nitrogen and oxygen atoms in total. The van der Waals surface area contributed by atoms with Crippen molar-refractivity contribution in [3.63, 3.8) is 0 Å². The van der Waals surface area contributed by atoms with Gasteiger partial charge in [0.1, 0.15) is 11.4 Å². The standard InChI is InChI=1S/C18H21N3O2S/c22-17(21-9-10-23-16-8-4-3-7-15(16)21)11-24-18-13-5-1-2-6-14(13)19-12-20-18/h1-2,5-6,12,15-16H,3-4,7-11H2/t15-,16+/m0/s1. The molecule has 1 saturated carbocycles. The van der Waals surface area contributed by atoms with E-state index in [-0.39, 0.29) is 18.1 Å². The number of para-hydroxylation sites is 1. The normalized spacial score (nSPS) is 23.9. The van der Waals surface area contributed by atoms with Gasteiger partial charge < -0.3 is 9.64 Å². The third-order valence-electron chi connectivity index (χ3n) is 4.89. The van der Waals surface area contributed by atoms with Crippen LogP contribution in [0.3, 0.4) is 0 Å². The summed E-state index contributed by atoms with van der Waals surface area (Å²) in [6.45, 7) is 1.37. The summed E-state index contributed by atoms with van der Waals surface area (Å²) in [4.78, 5) is 23.5. The number of morpholine rings is 1. The number of hydrogen-bond donors (Lipinski definition) is 0. The van der Waals surface area contributed by atoms with Gasteiger partial charge in [-0.05, 0) is 18.9 Å². The average molecular weight is 343 g/mol. The van der Waals surface area contributed by atoms with Crippen molar-refractivity contribution in [2.45, 2.75) is 42.9 Å². The molecule has 1 saturated heterocycles. The van der Waals surface area contributed by atoms with Gasteiger partial charge >= 0.3 is 0 Å². The molecule has 6 heteroatoms. The predicted octanol–water partition coefficient (Wildman–Crippen LogP) is 2.89. The molecule has 4 rings (SSSR count). The van der Waals surface area contributed by atoms with Crippen molar-refractivity contribution in [1.82, 2.24) is 14.9 Å². The summed E-state index contributed by atoms with van der Waals surface area (Å²) >= 11 is 1.51. The van der Waals surface area contributed by atoms with Crippen LogP contribution in [0, 0.1) is 0 Å². The molecule has 24 heavy (non-hydrogen) atoms. The van der Waals surface area contributed by atoms with E-state index in [1.54, 1.807) is 6.33 Å². The Morgan fingerprint density at radius 3 is 3.08 bits per heavy atom. The number of amides is 1. The topological polar surface area (TPSA) is 55.3 Å². The van der Waals surface area contributed by atoms with Gasteiger partial charge in [0.2, 0.25) is 5.91 Å². The number of fused-ring (bicyclic) bond motifs is 2. The monoisotopic (exact) mass is 343 g/mol. The van der Waals surface area contributed by atoms with Crippen LogP contribution >= 0.6 is 11.8 Å². The van der Waals surface area contributed by atoms with Crippen molar-refractivity contribution in [2.24, 2.45) is 0 Å². The van der Waals surface area contributed by atoms with E-state index in [2.05, 4.69) is 9.97 Å². The lowest BCUT2D eigenvalue weighted by Crippen LogP contribution is -2.55. The number of rotatable bonds is 3. The number of thioether (sulfide) groups is 1. The second-order valence-electron chi connectivity index (χ2n) is 6.33. The first-order valence-electron chi connectivity index (χ1n) is 8.56. The van der Waals surface area contributed by atoms with E-state index in [1.165, 1.54) is 24.6 Å². The summed E-state index contributed by atoms with van der Waals surface area (Å²) in [6, 6.07) is 8.19. The van der Waals surface area contributed by atoms with Gasteiger partial charge in [0.05, 0.1) is 30.0 Å². The van der Waals surface area contributed by atoms with Crippen molar-refractivity contribution in [3.8, 4) is 0 Å². The van der Waals surface area contributed by atoms with Crippen LogP contribution in [0.25, 0.3) is 10.9 Å². The lowest BCUT2D eigenvalue weighted by Gasteiger charge is -2.43. The van der Waals surface area contributed by atoms with E-state index < -0.39 is 0 Å². The Labute approximate surface area is 145 Å². The highest BCUT2D eigenvalue weighted by atomic mass is 32.2. The second kappa shape index (κ2) is 7.07. The molecule has 1 aromatic carbocycles. The molecule has 2 aromatic rings. The average Bonchev–Trinajstić information content (AvgIpc) is 2.65. The van der Waals surface area contributed by atoms with Crippen LogP contribution in [-0.4, -0.2) is 51.8 Å². The summed E-state index contributed by atoms with van der Waals surface area (Å²) in [5, 5.41) is 1.89. The number of aromatic nitrogens is 2. The lowest BCUT2D eigenvalue weighted by molar-refractivity contribution is -0.146. The van der Waals surface area contributed by atoms with Crippen LogP contribution in [0.15, 0.2) is 35.6 Å². The molecule has 2 heterocycles. The number of benzene rings is 1. The fourth-order valence-corrected chi connectivity index (χ4v) is 4.59. The highest BCUT2D eigenvalue weighted by molar-refractivity contribution is 8.00. The van der Waals surface area contributed by atoms with Gasteiger partial charge in [0.15, 0.2) is 0 Å². The Morgan fingerprint density at radius 1 is 1.25 bits per heavy atom. The van der Waals surface area contributed by atoms with Gasteiger partial charge in [0, 0.05) is 11.9 Å². The van der Waals surface area contributed by atoms with Crippen LogP contribution in [0.2, 0.25) is 0 Å². The molecule has 0 spiro atoms. The summed E-state index contributed by atoms with van der Waals surface area (Å²) in [7, 11) is 0. The van der Waals surface area contributed by atoms with Crippen molar-refractivity contribution in [2.75, 3.05) is 18.9 Å².